The summed E-state index contributed by atoms with van der Waals surface area (Å²) in [6.45, 7) is 19.2. The maximum atomic E-state index is 2.42. The molecule has 0 amide bonds. The van der Waals surface area contributed by atoms with Crippen LogP contribution in [0, 0.1) is 0 Å². The molecular weight excluding hydrogens is 382 g/mol. The minimum Gasteiger partial charge on any atom is -0.214 e. The van der Waals surface area contributed by atoms with E-state index in [-0.39, 0.29) is 32.9 Å². The second-order valence-corrected chi connectivity index (χ2v) is 14.2. The molecule has 0 saturated carbocycles. The van der Waals surface area contributed by atoms with Crippen molar-refractivity contribution in [3.8, 4) is 0 Å². The molecule has 3 heteroatoms. The molecule has 0 aliphatic carbocycles. The average Bonchev–Trinajstić information content (AvgIpc) is 3.12. The van der Waals surface area contributed by atoms with Crippen molar-refractivity contribution in [3.63, 3.8) is 0 Å². The van der Waals surface area contributed by atoms with E-state index in [0.29, 0.717) is 0 Å². The monoisotopic (exact) mass is 418 g/mol. The van der Waals surface area contributed by atoms with Gasteiger partial charge >= 0.3 is 17.1 Å². The Bertz CT molecular complexity index is 470. The van der Waals surface area contributed by atoms with E-state index in [1.54, 1.807) is 10.6 Å². The molecule has 0 fully saturated rings. The molecule has 0 aliphatic heterocycles. The molecule has 0 N–H and O–H groups in total. The summed E-state index contributed by atoms with van der Waals surface area (Å²) in [6, 6.07) is 17.1. The van der Waals surface area contributed by atoms with Crippen LogP contribution in [0.15, 0.2) is 48.5 Å². The van der Waals surface area contributed by atoms with Crippen molar-refractivity contribution >= 4 is 26.5 Å². The molecule has 0 aromatic heterocycles. The topological polar surface area (TPSA) is 0 Å². The third kappa shape index (κ3) is 7.69. The summed E-state index contributed by atoms with van der Waals surface area (Å²) in [7, 11) is -0.0466. The Balaban J connectivity index is 0.000000820. The van der Waals surface area contributed by atoms with Crippen LogP contribution in [-0.4, -0.2) is 22.6 Å². The van der Waals surface area contributed by atoms with E-state index in [1.807, 2.05) is 30.3 Å². The fourth-order valence-electron chi connectivity index (χ4n) is 3.46. The zero-order chi connectivity index (χ0) is 18.3. The SMILES string of the molecule is CC(C)P(c1cc[cH-]c1P(C(C)C)C(C)C)C(C)C.[Fe+2].c1cc[cH-]c1. The van der Waals surface area contributed by atoms with Crippen LogP contribution in [0.3, 0.4) is 0 Å². The van der Waals surface area contributed by atoms with Gasteiger partial charge in [0.25, 0.3) is 0 Å². The molecular formula is C22H36FeP2. The Labute approximate surface area is 169 Å². The first-order valence-corrected chi connectivity index (χ1v) is 12.2. The Morgan fingerprint density at radius 2 is 1.12 bits per heavy atom. The molecule has 2 rings (SSSR count). The second-order valence-electron chi connectivity index (χ2n) is 7.45. The van der Waals surface area contributed by atoms with Gasteiger partial charge in [0.2, 0.25) is 0 Å². The fraction of sp³-hybridized carbons (Fsp3) is 0.545. The van der Waals surface area contributed by atoms with Crippen molar-refractivity contribution in [2.75, 3.05) is 0 Å². The predicted octanol–water partition coefficient (Wildman–Crippen LogP) is 6.66. The zero-order valence-electron chi connectivity index (χ0n) is 17.2. The zero-order valence-corrected chi connectivity index (χ0v) is 20.1. The number of hydrogen-bond donors (Lipinski definition) is 0. The quantitative estimate of drug-likeness (QED) is 0.280. The molecule has 142 valence electrons. The van der Waals surface area contributed by atoms with Gasteiger partial charge in [-0.25, -0.2) is 18.2 Å². The van der Waals surface area contributed by atoms with Gasteiger partial charge in [-0.2, -0.15) is 35.6 Å². The van der Waals surface area contributed by atoms with Crippen molar-refractivity contribution in [2.24, 2.45) is 0 Å². The first-order valence-electron chi connectivity index (χ1n) is 9.26. The minimum atomic E-state index is -0.0233. The molecule has 0 unspecified atom stereocenters. The first kappa shape index (κ1) is 25.1. The molecule has 0 bridgehead atoms. The van der Waals surface area contributed by atoms with Gasteiger partial charge in [0.05, 0.1) is 0 Å². The van der Waals surface area contributed by atoms with Gasteiger partial charge in [0.15, 0.2) is 0 Å². The summed E-state index contributed by atoms with van der Waals surface area (Å²) in [5, 5.41) is 3.40. The Morgan fingerprint density at radius 3 is 1.44 bits per heavy atom. The molecule has 25 heavy (non-hydrogen) atoms. The van der Waals surface area contributed by atoms with Crippen LogP contribution < -0.4 is 10.6 Å². The number of rotatable bonds is 6. The summed E-state index contributed by atoms with van der Waals surface area (Å²) in [5.41, 5.74) is 3.14. The standard InChI is InChI=1S/C17H31P2.C5H5.Fe/c1-12(2)18(13(3)4)16-10-9-11-17(16)19(14(5)6)15(7)8;1-2-4-5-3-1;/h9-15H,1-8H3;1-5H;/q2*-1;+2. The van der Waals surface area contributed by atoms with E-state index in [1.165, 1.54) is 0 Å². The third-order valence-electron chi connectivity index (χ3n) is 4.11. The maximum Gasteiger partial charge on any atom is 2.00 e. The van der Waals surface area contributed by atoms with Crippen molar-refractivity contribution < 1.29 is 17.1 Å². The Hall–Kier alpha value is 0.0795. The molecule has 0 aliphatic rings. The van der Waals surface area contributed by atoms with Gasteiger partial charge in [-0.15, -0.1) is 13.2 Å². The Kier molecular flexibility index (Phi) is 12.5. The van der Waals surface area contributed by atoms with Crippen LogP contribution in [0.25, 0.3) is 0 Å². The summed E-state index contributed by atoms with van der Waals surface area (Å²) in [6.07, 6.45) is 0. The molecule has 0 heterocycles. The van der Waals surface area contributed by atoms with E-state index in [2.05, 4.69) is 73.6 Å². The van der Waals surface area contributed by atoms with E-state index >= 15 is 0 Å². The van der Waals surface area contributed by atoms with Crippen molar-refractivity contribution in [2.45, 2.75) is 78.0 Å². The van der Waals surface area contributed by atoms with Crippen LogP contribution in [-0.2, 0) is 17.1 Å². The Morgan fingerprint density at radius 1 is 0.680 bits per heavy atom. The molecule has 2 aromatic carbocycles. The molecule has 0 saturated heterocycles. The van der Waals surface area contributed by atoms with Crippen LogP contribution in [0.1, 0.15) is 55.4 Å². The normalized spacial score (nSPS) is 11.4. The molecule has 0 nitrogen and oxygen atoms in total. The van der Waals surface area contributed by atoms with E-state index < -0.39 is 0 Å². The molecule has 0 spiro atoms. The van der Waals surface area contributed by atoms with Crippen LogP contribution >= 0.6 is 15.8 Å². The fourth-order valence-corrected chi connectivity index (χ4v) is 9.96. The summed E-state index contributed by atoms with van der Waals surface area (Å²) in [5.74, 6) is 0. The summed E-state index contributed by atoms with van der Waals surface area (Å²) in [4.78, 5) is 0. The van der Waals surface area contributed by atoms with E-state index in [4.69, 9.17) is 0 Å². The van der Waals surface area contributed by atoms with Gasteiger partial charge in [0, 0.05) is 0 Å². The molecule has 0 atom stereocenters. The van der Waals surface area contributed by atoms with Crippen molar-refractivity contribution in [1.82, 2.24) is 0 Å². The van der Waals surface area contributed by atoms with Gasteiger partial charge in [0.1, 0.15) is 0 Å². The average molecular weight is 418 g/mol. The van der Waals surface area contributed by atoms with Gasteiger partial charge in [-0.3, -0.25) is 0 Å². The molecule has 0 radical (unpaired) electrons. The number of hydrogen-bond acceptors (Lipinski definition) is 0. The smallest absolute Gasteiger partial charge is 0.214 e. The summed E-state index contributed by atoms with van der Waals surface area (Å²) >= 11 is 0. The van der Waals surface area contributed by atoms with Gasteiger partial charge < -0.3 is 0 Å². The van der Waals surface area contributed by atoms with Crippen LogP contribution in [0.4, 0.5) is 0 Å². The van der Waals surface area contributed by atoms with Crippen LogP contribution in [0.5, 0.6) is 0 Å². The van der Waals surface area contributed by atoms with E-state index in [0.717, 1.165) is 22.6 Å². The maximum absolute atomic E-state index is 2.42. The predicted molar refractivity (Wildman–Crippen MR) is 118 cm³/mol. The van der Waals surface area contributed by atoms with Gasteiger partial charge in [-0.05, 0) is 22.6 Å². The largest absolute Gasteiger partial charge is 2.00 e. The van der Waals surface area contributed by atoms with Crippen molar-refractivity contribution in [1.29, 1.82) is 0 Å². The first-order chi connectivity index (χ1) is 11.3. The van der Waals surface area contributed by atoms with Crippen molar-refractivity contribution in [3.05, 3.63) is 48.5 Å². The van der Waals surface area contributed by atoms with Gasteiger partial charge in [-0.1, -0.05) is 63.3 Å². The molecule has 2 aromatic rings. The third-order valence-corrected chi connectivity index (χ3v) is 10.6. The minimum absolute atomic E-state index is 0. The van der Waals surface area contributed by atoms with Crippen LogP contribution in [0.2, 0.25) is 0 Å². The summed E-state index contributed by atoms with van der Waals surface area (Å²) < 4.78 is 0. The van der Waals surface area contributed by atoms with E-state index in [9.17, 15) is 0 Å². The second kappa shape index (κ2) is 12.5.